The van der Waals surface area contributed by atoms with Gasteiger partial charge in [-0.15, -0.1) is 0 Å². The lowest BCUT2D eigenvalue weighted by atomic mass is 10.2. The molecule has 3 rings (SSSR count). The number of imidazole rings is 1. The highest BCUT2D eigenvalue weighted by Crippen LogP contribution is 2.29. The second kappa shape index (κ2) is 5.17. The first kappa shape index (κ1) is 15.7. The minimum absolute atomic E-state index is 0.0437. The third-order valence-corrected chi connectivity index (χ3v) is 5.67. The predicted octanol–water partition coefficient (Wildman–Crippen LogP) is 2.04. The van der Waals surface area contributed by atoms with E-state index in [1.165, 1.54) is 18.2 Å². The molecule has 0 aliphatic heterocycles. The van der Waals surface area contributed by atoms with Crippen molar-refractivity contribution in [3.05, 3.63) is 42.5 Å². The molecular weight excluding hydrogens is 336 g/mol. The van der Waals surface area contributed by atoms with Crippen LogP contribution < -0.4 is 0 Å². The number of hydrogen-bond acceptors (Lipinski definition) is 5. The van der Waals surface area contributed by atoms with Crippen molar-refractivity contribution in [3.8, 4) is 11.4 Å². The van der Waals surface area contributed by atoms with Gasteiger partial charge in [0.05, 0.1) is 20.8 Å². The van der Waals surface area contributed by atoms with E-state index in [1.54, 1.807) is 6.07 Å². The summed E-state index contributed by atoms with van der Waals surface area (Å²) in [4.78, 5) is 7.32. The van der Waals surface area contributed by atoms with Crippen LogP contribution in [-0.2, 0) is 19.7 Å². The lowest BCUT2D eigenvalue weighted by Crippen LogP contribution is -2.04. The van der Waals surface area contributed by atoms with Crippen LogP contribution in [0.3, 0.4) is 0 Å². The Kier molecular flexibility index (Phi) is 3.53. The molecule has 0 spiro atoms. The monoisotopic (exact) mass is 350 g/mol. The molecule has 8 heteroatoms. The first-order valence-electron chi connectivity index (χ1n) is 6.65. The fourth-order valence-corrected chi connectivity index (χ4v) is 3.94. The van der Waals surface area contributed by atoms with Crippen LogP contribution >= 0.6 is 0 Å². The summed E-state index contributed by atoms with van der Waals surface area (Å²) < 4.78 is 47.5. The zero-order chi connectivity index (χ0) is 16.8. The van der Waals surface area contributed by atoms with Crippen molar-refractivity contribution in [2.24, 2.45) is 0 Å². The molecule has 0 fully saturated rings. The van der Waals surface area contributed by atoms with Gasteiger partial charge in [0.15, 0.2) is 19.7 Å². The molecule has 1 aromatic heterocycles. The van der Waals surface area contributed by atoms with Crippen molar-refractivity contribution in [2.75, 3.05) is 12.5 Å². The number of nitrogens with zero attached hydrogens (tertiary/aromatic N) is 1. The summed E-state index contributed by atoms with van der Waals surface area (Å²) in [5.41, 5.74) is 1.82. The molecule has 23 heavy (non-hydrogen) atoms. The quantitative estimate of drug-likeness (QED) is 0.779. The topological polar surface area (TPSA) is 97.0 Å². The fourth-order valence-electron chi connectivity index (χ4n) is 2.32. The lowest BCUT2D eigenvalue weighted by Gasteiger charge is -2.08. The molecule has 0 saturated heterocycles. The SMILES string of the molecule is CS(=O)(=O)c1ccc(-c2nc3ccccc3[nH]2)c(S(C)(=O)=O)c1. The number of sulfone groups is 2. The maximum atomic E-state index is 12.1. The second-order valence-corrected chi connectivity index (χ2v) is 9.30. The van der Waals surface area contributed by atoms with E-state index in [0.29, 0.717) is 16.9 Å². The molecule has 120 valence electrons. The van der Waals surface area contributed by atoms with E-state index in [9.17, 15) is 16.8 Å². The van der Waals surface area contributed by atoms with E-state index in [1.807, 2.05) is 18.2 Å². The molecule has 0 radical (unpaired) electrons. The van der Waals surface area contributed by atoms with Gasteiger partial charge in [-0.1, -0.05) is 12.1 Å². The van der Waals surface area contributed by atoms with E-state index in [0.717, 1.165) is 18.0 Å². The average Bonchev–Trinajstić information content (AvgIpc) is 2.88. The number of aromatic amines is 1. The molecule has 1 N–H and O–H groups in total. The highest BCUT2D eigenvalue weighted by Gasteiger charge is 2.20. The van der Waals surface area contributed by atoms with E-state index in [2.05, 4.69) is 9.97 Å². The van der Waals surface area contributed by atoms with Gasteiger partial charge in [0.2, 0.25) is 0 Å². The minimum Gasteiger partial charge on any atom is -0.338 e. The van der Waals surface area contributed by atoms with Crippen LogP contribution in [0.4, 0.5) is 0 Å². The first-order valence-corrected chi connectivity index (χ1v) is 10.4. The summed E-state index contributed by atoms with van der Waals surface area (Å²) in [5, 5.41) is 0. The van der Waals surface area contributed by atoms with Crippen molar-refractivity contribution in [2.45, 2.75) is 9.79 Å². The molecule has 2 aromatic carbocycles. The van der Waals surface area contributed by atoms with Gasteiger partial charge >= 0.3 is 0 Å². The number of hydrogen-bond donors (Lipinski definition) is 1. The number of H-pyrrole nitrogens is 1. The molecule has 1 heterocycles. The van der Waals surface area contributed by atoms with Gasteiger partial charge < -0.3 is 4.98 Å². The Morgan fingerprint density at radius 2 is 1.61 bits per heavy atom. The Balaban J connectivity index is 2.30. The molecule has 0 amide bonds. The summed E-state index contributed by atoms with van der Waals surface area (Å²) in [6, 6.07) is 11.3. The summed E-state index contributed by atoms with van der Waals surface area (Å²) in [6.07, 6.45) is 2.08. The first-order chi connectivity index (χ1) is 10.7. The number of para-hydroxylation sites is 2. The highest BCUT2D eigenvalue weighted by molar-refractivity contribution is 7.91. The van der Waals surface area contributed by atoms with Gasteiger partial charge in [0, 0.05) is 18.1 Å². The zero-order valence-electron chi connectivity index (χ0n) is 12.4. The van der Waals surface area contributed by atoms with Gasteiger partial charge in [-0.25, -0.2) is 21.8 Å². The van der Waals surface area contributed by atoms with Gasteiger partial charge in [-0.3, -0.25) is 0 Å². The van der Waals surface area contributed by atoms with Gasteiger partial charge in [0.1, 0.15) is 5.82 Å². The Labute approximate surface area is 134 Å². The van der Waals surface area contributed by atoms with Crippen LogP contribution in [0.1, 0.15) is 0 Å². The largest absolute Gasteiger partial charge is 0.338 e. The fraction of sp³-hybridized carbons (Fsp3) is 0.133. The Morgan fingerprint density at radius 1 is 0.913 bits per heavy atom. The van der Waals surface area contributed by atoms with E-state index < -0.39 is 19.7 Å². The predicted molar refractivity (Wildman–Crippen MR) is 87.7 cm³/mol. The van der Waals surface area contributed by atoms with Gasteiger partial charge in [-0.2, -0.15) is 0 Å². The summed E-state index contributed by atoms with van der Waals surface area (Å²) >= 11 is 0. The number of rotatable bonds is 3. The van der Waals surface area contributed by atoms with Crippen LogP contribution in [0.25, 0.3) is 22.4 Å². The lowest BCUT2D eigenvalue weighted by molar-refractivity contribution is 0.600. The molecule has 0 unspecified atom stereocenters. The Morgan fingerprint density at radius 3 is 2.22 bits per heavy atom. The van der Waals surface area contributed by atoms with Crippen molar-refractivity contribution >= 4 is 30.7 Å². The van der Waals surface area contributed by atoms with Crippen LogP contribution in [-0.4, -0.2) is 39.3 Å². The average molecular weight is 350 g/mol. The highest BCUT2D eigenvalue weighted by atomic mass is 32.2. The summed E-state index contributed by atoms with van der Waals surface area (Å²) in [7, 11) is -7.13. The number of aromatic nitrogens is 2. The Hall–Kier alpha value is -2.19. The van der Waals surface area contributed by atoms with Crippen LogP contribution in [0.15, 0.2) is 52.3 Å². The normalized spacial score (nSPS) is 12.6. The third kappa shape index (κ3) is 2.99. The molecular formula is C15H14N2O4S2. The smallest absolute Gasteiger partial charge is 0.176 e. The molecule has 0 bridgehead atoms. The van der Waals surface area contributed by atoms with Crippen molar-refractivity contribution in [1.82, 2.24) is 9.97 Å². The molecule has 0 atom stereocenters. The third-order valence-electron chi connectivity index (χ3n) is 3.43. The second-order valence-electron chi connectivity index (χ2n) is 5.30. The van der Waals surface area contributed by atoms with Crippen LogP contribution in [0.5, 0.6) is 0 Å². The Bertz CT molecular complexity index is 1080. The van der Waals surface area contributed by atoms with Gasteiger partial charge in [0.25, 0.3) is 0 Å². The van der Waals surface area contributed by atoms with Crippen molar-refractivity contribution in [3.63, 3.8) is 0 Å². The van der Waals surface area contributed by atoms with E-state index in [4.69, 9.17) is 0 Å². The molecule has 6 nitrogen and oxygen atoms in total. The molecule has 0 aliphatic rings. The maximum absolute atomic E-state index is 12.1. The van der Waals surface area contributed by atoms with Crippen molar-refractivity contribution < 1.29 is 16.8 Å². The van der Waals surface area contributed by atoms with E-state index in [-0.39, 0.29) is 9.79 Å². The standard InChI is InChI=1S/C15H14N2O4S2/c1-22(18,19)10-7-8-11(14(9-10)23(2,20)21)15-16-12-5-3-4-6-13(12)17-15/h3-9H,1-2H3,(H,16,17). The zero-order valence-corrected chi connectivity index (χ0v) is 14.1. The minimum atomic E-state index is -3.63. The maximum Gasteiger partial charge on any atom is 0.176 e. The molecule has 3 aromatic rings. The van der Waals surface area contributed by atoms with E-state index >= 15 is 0 Å². The summed E-state index contributed by atoms with van der Waals surface area (Å²) in [6.45, 7) is 0. The molecule has 0 saturated carbocycles. The van der Waals surface area contributed by atoms with Crippen LogP contribution in [0.2, 0.25) is 0 Å². The number of benzene rings is 2. The van der Waals surface area contributed by atoms with Crippen LogP contribution in [0, 0.1) is 0 Å². The van der Waals surface area contributed by atoms with Gasteiger partial charge in [-0.05, 0) is 30.3 Å². The van der Waals surface area contributed by atoms with Crippen molar-refractivity contribution in [1.29, 1.82) is 0 Å². The summed E-state index contributed by atoms with van der Waals surface area (Å²) in [5.74, 6) is 0.381. The molecule has 0 aliphatic carbocycles. The number of nitrogens with one attached hydrogen (secondary N) is 1. The number of fused-ring (bicyclic) bond motifs is 1.